The van der Waals surface area contributed by atoms with Gasteiger partial charge in [0, 0.05) is 0 Å². The smallest absolute Gasteiger partial charge is 0.255 e. The number of hydrogen-bond acceptors (Lipinski definition) is 3. The zero-order valence-corrected chi connectivity index (χ0v) is 12.2. The summed E-state index contributed by atoms with van der Waals surface area (Å²) >= 11 is 0. The second kappa shape index (κ2) is 7.31. The van der Waals surface area contributed by atoms with Crippen LogP contribution in [-0.2, 0) is 9.53 Å². The Morgan fingerprint density at radius 2 is 1.95 bits per heavy atom. The molecule has 0 aliphatic rings. The number of hydrogen-bond donors (Lipinski definition) is 2. The van der Waals surface area contributed by atoms with Gasteiger partial charge in [-0.3, -0.25) is 4.79 Å². The van der Waals surface area contributed by atoms with Crippen molar-refractivity contribution in [3.63, 3.8) is 0 Å². The highest BCUT2D eigenvalue weighted by atomic mass is 19.3. The van der Waals surface area contributed by atoms with Crippen LogP contribution in [0, 0.1) is 5.82 Å². The summed E-state index contributed by atoms with van der Waals surface area (Å²) in [5, 5.41) is 4.88. The summed E-state index contributed by atoms with van der Waals surface area (Å²) in [6.45, 7) is 4.57. The SMILES string of the molecule is CC(C)(C)OCC(=O)Nc1cc(F)ccc1NCC(F)F. The van der Waals surface area contributed by atoms with Crippen LogP contribution in [0.4, 0.5) is 24.5 Å². The van der Waals surface area contributed by atoms with Crippen molar-refractivity contribution in [1.82, 2.24) is 0 Å². The third-order valence-electron chi connectivity index (χ3n) is 2.34. The Labute approximate surface area is 121 Å². The van der Waals surface area contributed by atoms with Gasteiger partial charge in [0.15, 0.2) is 0 Å². The van der Waals surface area contributed by atoms with E-state index in [0.717, 1.165) is 12.1 Å². The zero-order chi connectivity index (χ0) is 16.0. The van der Waals surface area contributed by atoms with Crippen LogP contribution in [0.25, 0.3) is 0 Å². The minimum atomic E-state index is -2.55. The van der Waals surface area contributed by atoms with Gasteiger partial charge in [-0.15, -0.1) is 0 Å². The average molecular weight is 304 g/mol. The van der Waals surface area contributed by atoms with Gasteiger partial charge in [-0.25, -0.2) is 13.2 Å². The molecule has 0 bridgehead atoms. The lowest BCUT2D eigenvalue weighted by Crippen LogP contribution is -2.27. The number of benzene rings is 1. The van der Waals surface area contributed by atoms with E-state index in [-0.39, 0.29) is 18.0 Å². The molecule has 7 heteroatoms. The van der Waals surface area contributed by atoms with Crippen molar-refractivity contribution < 1.29 is 22.7 Å². The molecule has 4 nitrogen and oxygen atoms in total. The van der Waals surface area contributed by atoms with E-state index < -0.39 is 30.3 Å². The van der Waals surface area contributed by atoms with Gasteiger partial charge in [0.1, 0.15) is 12.4 Å². The van der Waals surface area contributed by atoms with Crippen LogP contribution in [0.5, 0.6) is 0 Å². The normalized spacial score (nSPS) is 11.6. The van der Waals surface area contributed by atoms with Crippen LogP contribution in [0.1, 0.15) is 20.8 Å². The van der Waals surface area contributed by atoms with Crippen molar-refractivity contribution in [2.24, 2.45) is 0 Å². The van der Waals surface area contributed by atoms with Crippen molar-refractivity contribution in [3.05, 3.63) is 24.0 Å². The molecule has 0 fully saturated rings. The molecule has 0 atom stereocenters. The first kappa shape index (κ1) is 17.3. The molecule has 0 aliphatic heterocycles. The van der Waals surface area contributed by atoms with Crippen molar-refractivity contribution in [2.45, 2.75) is 32.8 Å². The minimum Gasteiger partial charge on any atom is -0.378 e. The van der Waals surface area contributed by atoms with Crippen LogP contribution < -0.4 is 10.6 Å². The quantitative estimate of drug-likeness (QED) is 0.848. The van der Waals surface area contributed by atoms with E-state index in [1.165, 1.54) is 6.07 Å². The van der Waals surface area contributed by atoms with Crippen molar-refractivity contribution in [3.8, 4) is 0 Å². The first-order valence-corrected chi connectivity index (χ1v) is 6.43. The predicted molar refractivity (Wildman–Crippen MR) is 75.2 cm³/mol. The molecular formula is C14H19F3N2O2. The number of rotatable bonds is 6. The molecule has 0 radical (unpaired) electrons. The summed E-state index contributed by atoms with van der Waals surface area (Å²) in [6.07, 6.45) is -2.55. The summed E-state index contributed by atoms with van der Waals surface area (Å²) in [6, 6.07) is 3.47. The molecule has 1 rings (SSSR count). The van der Waals surface area contributed by atoms with Crippen molar-refractivity contribution in [2.75, 3.05) is 23.8 Å². The van der Waals surface area contributed by atoms with E-state index in [1.807, 2.05) is 0 Å². The van der Waals surface area contributed by atoms with Gasteiger partial charge in [-0.2, -0.15) is 0 Å². The highest BCUT2D eigenvalue weighted by molar-refractivity contribution is 5.95. The molecule has 0 saturated carbocycles. The van der Waals surface area contributed by atoms with E-state index in [0.29, 0.717) is 0 Å². The number of carbonyl (C=O) groups excluding carboxylic acids is 1. The maximum Gasteiger partial charge on any atom is 0.255 e. The van der Waals surface area contributed by atoms with Crippen LogP contribution in [0.2, 0.25) is 0 Å². The Balaban J connectivity index is 2.71. The summed E-state index contributed by atoms with van der Waals surface area (Å²) in [7, 11) is 0. The molecule has 1 amide bonds. The van der Waals surface area contributed by atoms with Gasteiger partial charge in [-0.05, 0) is 39.0 Å². The first-order valence-electron chi connectivity index (χ1n) is 6.43. The molecule has 0 unspecified atom stereocenters. The van der Waals surface area contributed by atoms with Crippen LogP contribution >= 0.6 is 0 Å². The molecule has 1 aromatic carbocycles. The largest absolute Gasteiger partial charge is 0.378 e. The maximum absolute atomic E-state index is 13.2. The molecular weight excluding hydrogens is 285 g/mol. The molecule has 118 valence electrons. The fourth-order valence-electron chi connectivity index (χ4n) is 1.43. The molecule has 1 aromatic rings. The van der Waals surface area contributed by atoms with E-state index >= 15 is 0 Å². The van der Waals surface area contributed by atoms with Gasteiger partial charge in [0.2, 0.25) is 5.91 Å². The Kier molecular flexibility index (Phi) is 6.02. The highest BCUT2D eigenvalue weighted by Gasteiger charge is 2.14. The van der Waals surface area contributed by atoms with E-state index in [2.05, 4.69) is 10.6 Å². The number of halogens is 3. The third kappa shape index (κ3) is 6.99. The summed E-state index contributed by atoms with van der Waals surface area (Å²) in [5.41, 5.74) is -0.172. The molecule has 0 aliphatic carbocycles. The maximum atomic E-state index is 13.2. The van der Waals surface area contributed by atoms with Crippen molar-refractivity contribution >= 4 is 17.3 Å². The number of nitrogens with one attached hydrogen (secondary N) is 2. The first-order chi connectivity index (χ1) is 9.67. The Morgan fingerprint density at radius 1 is 1.29 bits per heavy atom. The molecule has 21 heavy (non-hydrogen) atoms. The van der Waals surface area contributed by atoms with E-state index in [1.54, 1.807) is 20.8 Å². The molecule has 0 saturated heterocycles. The number of ether oxygens (including phenoxy) is 1. The zero-order valence-electron chi connectivity index (χ0n) is 12.2. The molecule has 0 aromatic heterocycles. The highest BCUT2D eigenvalue weighted by Crippen LogP contribution is 2.23. The van der Waals surface area contributed by atoms with Gasteiger partial charge in [0.25, 0.3) is 6.43 Å². The van der Waals surface area contributed by atoms with Crippen LogP contribution in [0.3, 0.4) is 0 Å². The molecule has 0 heterocycles. The minimum absolute atomic E-state index is 0.0955. The number of amides is 1. The summed E-state index contributed by atoms with van der Waals surface area (Å²) in [4.78, 5) is 11.7. The lowest BCUT2D eigenvalue weighted by atomic mass is 10.2. The van der Waals surface area contributed by atoms with E-state index in [4.69, 9.17) is 4.74 Å². The molecule has 2 N–H and O–H groups in total. The topological polar surface area (TPSA) is 50.4 Å². The second-order valence-electron chi connectivity index (χ2n) is 5.41. The van der Waals surface area contributed by atoms with Gasteiger partial charge >= 0.3 is 0 Å². The lowest BCUT2D eigenvalue weighted by Gasteiger charge is -2.19. The number of anilines is 2. The third-order valence-corrected chi connectivity index (χ3v) is 2.34. The van der Waals surface area contributed by atoms with Crippen molar-refractivity contribution in [1.29, 1.82) is 0 Å². The van der Waals surface area contributed by atoms with Gasteiger partial charge in [0.05, 0.1) is 23.5 Å². The second-order valence-corrected chi connectivity index (χ2v) is 5.41. The Hall–Kier alpha value is -1.76. The number of alkyl halides is 2. The van der Waals surface area contributed by atoms with Crippen LogP contribution in [0.15, 0.2) is 18.2 Å². The standard InChI is InChI=1S/C14H19F3N2O2/c1-14(2,3)21-8-13(20)19-11-6-9(15)4-5-10(11)18-7-12(16)17/h4-6,12,18H,7-8H2,1-3H3,(H,19,20). The fraction of sp³-hybridized carbons (Fsp3) is 0.500. The predicted octanol–water partition coefficient (Wildman–Crippen LogP) is 3.26. The summed E-state index contributed by atoms with van der Waals surface area (Å²) in [5.74, 6) is -1.07. The average Bonchev–Trinajstić information content (AvgIpc) is 2.34. The van der Waals surface area contributed by atoms with Gasteiger partial charge in [-0.1, -0.05) is 0 Å². The monoisotopic (exact) mass is 304 g/mol. The van der Waals surface area contributed by atoms with E-state index in [9.17, 15) is 18.0 Å². The molecule has 0 spiro atoms. The lowest BCUT2D eigenvalue weighted by molar-refractivity contribution is -0.125. The Morgan fingerprint density at radius 3 is 2.52 bits per heavy atom. The van der Waals surface area contributed by atoms with Gasteiger partial charge < -0.3 is 15.4 Å². The number of carbonyl (C=O) groups is 1. The summed E-state index contributed by atoms with van der Waals surface area (Å²) < 4.78 is 42.9. The fourth-order valence-corrected chi connectivity index (χ4v) is 1.43. The Bertz CT molecular complexity index is 488. The van der Waals surface area contributed by atoms with Crippen LogP contribution in [-0.4, -0.2) is 31.1 Å².